The number of imide groups is 1. The Bertz CT molecular complexity index is 1880. The first kappa shape index (κ1) is 29.2. The van der Waals surface area contributed by atoms with Crippen LogP contribution in [0.25, 0.3) is 21.8 Å². The van der Waals surface area contributed by atoms with Crippen LogP contribution in [0, 0.1) is 0 Å². The Balaban J connectivity index is 1.03. The van der Waals surface area contributed by atoms with Crippen molar-refractivity contribution in [3.63, 3.8) is 0 Å². The van der Waals surface area contributed by atoms with E-state index < -0.39 is 35.1 Å². The molecule has 2 saturated heterocycles. The van der Waals surface area contributed by atoms with E-state index >= 15 is 0 Å². The van der Waals surface area contributed by atoms with Crippen molar-refractivity contribution in [1.82, 2.24) is 25.4 Å². The van der Waals surface area contributed by atoms with Crippen molar-refractivity contribution in [1.29, 1.82) is 0 Å². The number of carbonyl (C=O) groups excluding carboxylic acids is 4. The first-order valence-corrected chi connectivity index (χ1v) is 15.3. The Kier molecular flexibility index (Phi) is 7.29. The van der Waals surface area contributed by atoms with Gasteiger partial charge in [0.1, 0.15) is 24.7 Å². The molecule has 4 aromatic carbocycles. The lowest BCUT2D eigenvalue weighted by molar-refractivity contribution is -0.291. The van der Waals surface area contributed by atoms with E-state index in [1.54, 1.807) is 6.92 Å². The van der Waals surface area contributed by atoms with Crippen LogP contribution >= 0.6 is 0 Å². The molecule has 46 heavy (non-hydrogen) atoms. The van der Waals surface area contributed by atoms with Crippen molar-refractivity contribution in [2.24, 2.45) is 0 Å². The molecule has 2 aliphatic heterocycles. The van der Waals surface area contributed by atoms with Crippen molar-refractivity contribution >= 4 is 45.6 Å². The average Bonchev–Trinajstić information content (AvgIpc) is 3.38. The van der Waals surface area contributed by atoms with E-state index in [-0.39, 0.29) is 32.1 Å². The zero-order valence-corrected chi connectivity index (χ0v) is 25.2. The van der Waals surface area contributed by atoms with Gasteiger partial charge in [0.25, 0.3) is 5.91 Å². The van der Waals surface area contributed by atoms with E-state index in [1.165, 1.54) is 4.90 Å². The number of rotatable bonds is 9. The van der Waals surface area contributed by atoms with Gasteiger partial charge in [0.05, 0.1) is 0 Å². The van der Waals surface area contributed by atoms with Crippen molar-refractivity contribution in [3.8, 4) is 0 Å². The van der Waals surface area contributed by atoms with Crippen LogP contribution in [0.2, 0.25) is 0 Å². The highest BCUT2D eigenvalue weighted by molar-refractivity contribution is 6.08. The Morgan fingerprint density at radius 1 is 0.717 bits per heavy atom. The van der Waals surface area contributed by atoms with Crippen LogP contribution in [0.1, 0.15) is 18.1 Å². The molecule has 2 atom stereocenters. The van der Waals surface area contributed by atoms with Crippen molar-refractivity contribution in [3.05, 3.63) is 120 Å². The fraction of sp³-hybridized carbons (Fsp3) is 0.222. The highest BCUT2D eigenvalue weighted by Gasteiger charge is 2.72. The number of nitrogens with one attached hydrogen (secondary N) is 3. The van der Waals surface area contributed by atoms with Gasteiger partial charge in [0, 0.05) is 34.9 Å². The van der Waals surface area contributed by atoms with E-state index in [2.05, 4.69) is 16.0 Å². The molecule has 7 rings (SSSR count). The highest BCUT2D eigenvalue weighted by atomic mass is 16.6. The molecule has 0 radical (unpaired) electrons. The number of hydrogen-bond donors (Lipinski definition) is 3. The second-order valence-electron chi connectivity index (χ2n) is 11.8. The number of aromatic nitrogens is 1. The fourth-order valence-corrected chi connectivity index (χ4v) is 7.00. The molecule has 10 nitrogen and oxygen atoms in total. The molecular formula is C36H33N5O5. The number of nitrogens with zero attached hydrogens (tertiary/aromatic N) is 2. The lowest BCUT2D eigenvalue weighted by Crippen LogP contribution is -2.84. The number of para-hydroxylation sites is 2. The van der Waals surface area contributed by atoms with Gasteiger partial charge in [0.2, 0.25) is 11.8 Å². The molecule has 0 saturated carbocycles. The summed E-state index contributed by atoms with van der Waals surface area (Å²) in [4.78, 5) is 53.9. The quantitative estimate of drug-likeness (QED) is 0.219. The second-order valence-corrected chi connectivity index (χ2v) is 11.8. The number of carbonyl (C=O) groups is 4. The summed E-state index contributed by atoms with van der Waals surface area (Å²) < 4.78 is 8.48. The number of urea groups is 1. The molecule has 0 aliphatic carbocycles. The Morgan fingerprint density at radius 3 is 1.74 bits per heavy atom. The molecule has 2 unspecified atom stereocenters. The SMILES string of the molecule is CC12OC(c3ccccc3)(c3ccccc3)C1N(CC(=O)NCCNC(=O)Cn1c3ccccc3c3ccccc31)C(=O)NC2=O. The van der Waals surface area contributed by atoms with E-state index in [4.69, 9.17) is 4.74 Å². The zero-order chi connectivity index (χ0) is 31.9. The van der Waals surface area contributed by atoms with Gasteiger partial charge in [-0.2, -0.15) is 0 Å². The summed E-state index contributed by atoms with van der Waals surface area (Å²) in [7, 11) is 0. The van der Waals surface area contributed by atoms with E-state index in [0.717, 1.165) is 32.9 Å². The molecule has 232 valence electrons. The zero-order valence-electron chi connectivity index (χ0n) is 25.2. The third kappa shape index (κ3) is 4.69. The normalized spacial score (nSPS) is 20.1. The number of benzene rings is 4. The van der Waals surface area contributed by atoms with Crippen molar-refractivity contribution < 1.29 is 23.9 Å². The molecule has 3 heterocycles. The number of amides is 5. The summed E-state index contributed by atoms with van der Waals surface area (Å²) in [6, 6.07) is 33.3. The monoisotopic (exact) mass is 615 g/mol. The minimum atomic E-state index is -1.37. The van der Waals surface area contributed by atoms with Gasteiger partial charge in [-0.25, -0.2) is 4.79 Å². The summed E-state index contributed by atoms with van der Waals surface area (Å²) in [5.41, 5.74) is 0.941. The Labute approximate surface area is 265 Å². The van der Waals surface area contributed by atoms with Crippen LogP contribution in [-0.4, -0.2) is 64.5 Å². The lowest BCUT2D eigenvalue weighted by atomic mass is 9.65. The Hall–Kier alpha value is -5.48. The molecule has 2 aliphatic rings. The third-order valence-electron chi connectivity index (χ3n) is 8.99. The van der Waals surface area contributed by atoms with Gasteiger partial charge in [-0.15, -0.1) is 0 Å². The maximum Gasteiger partial charge on any atom is 0.325 e. The van der Waals surface area contributed by atoms with Crippen LogP contribution in [0.4, 0.5) is 4.79 Å². The van der Waals surface area contributed by atoms with E-state index in [9.17, 15) is 19.2 Å². The van der Waals surface area contributed by atoms with Gasteiger partial charge < -0.3 is 24.8 Å². The highest BCUT2D eigenvalue weighted by Crippen LogP contribution is 2.56. The molecule has 5 aromatic rings. The van der Waals surface area contributed by atoms with Gasteiger partial charge >= 0.3 is 6.03 Å². The first-order valence-electron chi connectivity index (χ1n) is 15.3. The third-order valence-corrected chi connectivity index (χ3v) is 8.99. The predicted octanol–water partition coefficient (Wildman–Crippen LogP) is 3.68. The standard InChI is InChI=1S/C36H33N5O5/c1-35-32(36(46-35,24-12-4-2-5-13-24)25-14-6-3-7-15-25)41(34(45)39-33(35)44)23-31(43)38-21-20-37-30(42)22-40-28-18-10-8-16-26(28)27-17-9-11-19-29(27)40/h2-19,32H,20-23H2,1H3,(H,37,42)(H,38,43)(H,39,44,45). The molecular weight excluding hydrogens is 582 g/mol. The molecule has 5 amide bonds. The van der Waals surface area contributed by atoms with Crippen LogP contribution < -0.4 is 16.0 Å². The second kappa shape index (κ2) is 11.5. The lowest BCUT2D eigenvalue weighted by Gasteiger charge is -2.64. The molecule has 0 spiro atoms. The van der Waals surface area contributed by atoms with Gasteiger partial charge in [-0.05, 0) is 30.2 Å². The fourth-order valence-electron chi connectivity index (χ4n) is 7.00. The molecule has 10 heteroatoms. The molecule has 2 fully saturated rings. The summed E-state index contributed by atoms with van der Waals surface area (Å²) in [6.07, 6.45) is 0. The summed E-state index contributed by atoms with van der Waals surface area (Å²) >= 11 is 0. The van der Waals surface area contributed by atoms with Crippen molar-refractivity contribution in [2.75, 3.05) is 19.6 Å². The van der Waals surface area contributed by atoms with Crippen LogP contribution in [0.15, 0.2) is 109 Å². The topological polar surface area (TPSA) is 122 Å². The molecule has 0 bridgehead atoms. The smallest absolute Gasteiger partial charge is 0.325 e. The predicted molar refractivity (Wildman–Crippen MR) is 173 cm³/mol. The number of ether oxygens (including phenoxy) is 1. The van der Waals surface area contributed by atoms with Crippen LogP contribution in [0.5, 0.6) is 0 Å². The number of fused-ring (bicyclic) bond motifs is 4. The molecule has 3 N–H and O–H groups in total. The molecule has 1 aromatic heterocycles. The van der Waals surface area contributed by atoms with Crippen LogP contribution in [0.3, 0.4) is 0 Å². The maximum absolute atomic E-state index is 13.3. The minimum Gasteiger partial charge on any atom is -0.353 e. The van der Waals surface area contributed by atoms with Gasteiger partial charge in [0.15, 0.2) is 5.60 Å². The first-order chi connectivity index (χ1) is 22.3. The van der Waals surface area contributed by atoms with Gasteiger partial charge in [-0.1, -0.05) is 97.1 Å². The van der Waals surface area contributed by atoms with Crippen molar-refractivity contribution in [2.45, 2.75) is 30.7 Å². The maximum atomic E-state index is 13.3. The largest absolute Gasteiger partial charge is 0.353 e. The minimum absolute atomic E-state index is 0.130. The van der Waals surface area contributed by atoms with Gasteiger partial charge in [-0.3, -0.25) is 19.7 Å². The van der Waals surface area contributed by atoms with E-state index in [1.807, 2.05) is 114 Å². The number of hydrogen-bond acceptors (Lipinski definition) is 5. The average molecular weight is 616 g/mol. The van der Waals surface area contributed by atoms with Crippen LogP contribution in [-0.2, 0) is 31.3 Å². The summed E-state index contributed by atoms with van der Waals surface area (Å²) in [5, 5.41) is 10.2. The van der Waals surface area contributed by atoms with E-state index in [0.29, 0.717) is 0 Å². The summed E-state index contributed by atoms with van der Waals surface area (Å²) in [6.45, 7) is 1.83. The Morgan fingerprint density at radius 2 is 1.20 bits per heavy atom. The summed E-state index contributed by atoms with van der Waals surface area (Å²) in [5.74, 6) is -1.16.